The van der Waals surface area contributed by atoms with Gasteiger partial charge in [-0.25, -0.2) is 4.98 Å². The normalized spacial score (nSPS) is 11.4. The second-order valence-electron chi connectivity index (χ2n) is 6.15. The van der Waals surface area contributed by atoms with E-state index in [1.165, 1.54) is 11.3 Å². The van der Waals surface area contributed by atoms with Gasteiger partial charge in [-0.3, -0.25) is 9.89 Å². The number of hydrogen-bond donors (Lipinski definition) is 2. The van der Waals surface area contributed by atoms with Crippen LogP contribution >= 0.6 is 11.3 Å². The molecular formula is C20H14N4OS. The van der Waals surface area contributed by atoms with Gasteiger partial charge in [0, 0.05) is 10.3 Å². The number of ketones is 1. The molecule has 3 heterocycles. The Labute approximate surface area is 152 Å². The van der Waals surface area contributed by atoms with Gasteiger partial charge in [-0.2, -0.15) is 5.10 Å². The molecule has 26 heavy (non-hydrogen) atoms. The van der Waals surface area contributed by atoms with E-state index in [-0.39, 0.29) is 5.78 Å². The van der Waals surface area contributed by atoms with Crippen molar-refractivity contribution in [2.75, 3.05) is 0 Å². The molecule has 0 radical (unpaired) electrons. The number of rotatable bonds is 3. The number of imidazole rings is 1. The van der Waals surface area contributed by atoms with Crippen molar-refractivity contribution in [3.8, 4) is 22.0 Å². The van der Waals surface area contributed by atoms with Gasteiger partial charge in [0.05, 0.1) is 21.4 Å². The molecule has 0 bridgehead atoms. The van der Waals surface area contributed by atoms with E-state index >= 15 is 0 Å². The zero-order valence-corrected chi connectivity index (χ0v) is 14.7. The molecule has 3 aromatic heterocycles. The molecule has 5 aromatic rings. The molecule has 2 aromatic carbocycles. The lowest BCUT2D eigenvalue weighted by molar-refractivity contribution is 0.102. The van der Waals surface area contributed by atoms with Gasteiger partial charge in [-0.15, -0.1) is 11.3 Å². The van der Waals surface area contributed by atoms with E-state index in [1.807, 2.05) is 48.5 Å². The summed E-state index contributed by atoms with van der Waals surface area (Å²) in [4.78, 5) is 21.5. The van der Waals surface area contributed by atoms with Crippen molar-refractivity contribution in [3.05, 3.63) is 59.5 Å². The zero-order chi connectivity index (χ0) is 17.7. The second kappa shape index (κ2) is 5.64. The van der Waals surface area contributed by atoms with Crippen molar-refractivity contribution in [1.29, 1.82) is 0 Å². The van der Waals surface area contributed by atoms with Crippen LogP contribution in [0.1, 0.15) is 16.6 Å². The lowest BCUT2D eigenvalue weighted by Gasteiger charge is -1.96. The SMILES string of the molecule is CC(=O)c1ccc(-c2ccc3nc(-c4[nH]nc5ccccc45)[nH]c3c2)s1. The third-order valence-electron chi connectivity index (χ3n) is 4.42. The Bertz CT molecular complexity index is 1280. The maximum Gasteiger partial charge on any atom is 0.169 e. The molecule has 6 heteroatoms. The number of nitrogens with one attached hydrogen (secondary N) is 2. The van der Waals surface area contributed by atoms with Crippen molar-refractivity contribution in [2.45, 2.75) is 6.92 Å². The number of carbonyl (C=O) groups excluding carboxylic acids is 1. The highest BCUT2D eigenvalue weighted by Crippen LogP contribution is 2.32. The Morgan fingerprint density at radius 3 is 2.77 bits per heavy atom. The van der Waals surface area contributed by atoms with Crippen molar-refractivity contribution in [2.24, 2.45) is 0 Å². The van der Waals surface area contributed by atoms with Crippen LogP contribution in [-0.2, 0) is 0 Å². The molecule has 0 aliphatic rings. The summed E-state index contributed by atoms with van der Waals surface area (Å²) in [5.41, 5.74) is 4.71. The van der Waals surface area contributed by atoms with Gasteiger partial charge in [0.15, 0.2) is 11.6 Å². The van der Waals surface area contributed by atoms with Crippen LogP contribution in [-0.4, -0.2) is 25.9 Å². The van der Waals surface area contributed by atoms with Crippen molar-refractivity contribution in [3.63, 3.8) is 0 Å². The number of hydrogen-bond acceptors (Lipinski definition) is 4. The molecule has 0 saturated heterocycles. The number of Topliss-reactive ketones (excluding diaryl/α,β-unsaturated/α-hetero) is 1. The molecule has 0 amide bonds. The standard InChI is InChI=1S/C20H14N4OS/c1-11(25)17-8-9-18(26-17)12-6-7-15-16(10-12)22-20(21-15)19-13-4-2-3-5-14(13)23-24-19/h2-10H,1H3,(H,21,22)(H,23,24). The summed E-state index contributed by atoms with van der Waals surface area (Å²) in [5, 5.41) is 8.45. The first-order valence-electron chi connectivity index (χ1n) is 8.23. The van der Waals surface area contributed by atoms with Gasteiger partial charge in [0.25, 0.3) is 0 Å². The molecule has 0 spiro atoms. The molecule has 0 unspecified atom stereocenters. The topological polar surface area (TPSA) is 74.4 Å². The lowest BCUT2D eigenvalue weighted by Crippen LogP contribution is -1.83. The Hall–Kier alpha value is -3.25. The fourth-order valence-electron chi connectivity index (χ4n) is 3.10. The van der Waals surface area contributed by atoms with E-state index in [1.54, 1.807) is 6.92 Å². The van der Waals surface area contributed by atoms with Gasteiger partial charge in [-0.1, -0.05) is 24.3 Å². The molecule has 126 valence electrons. The van der Waals surface area contributed by atoms with Gasteiger partial charge in [-0.05, 0) is 42.8 Å². The maximum absolute atomic E-state index is 11.5. The van der Waals surface area contributed by atoms with Crippen LogP contribution in [0.15, 0.2) is 54.6 Å². The maximum atomic E-state index is 11.5. The van der Waals surface area contributed by atoms with Crippen LogP contribution in [0.25, 0.3) is 43.9 Å². The van der Waals surface area contributed by atoms with Gasteiger partial charge in [0.2, 0.25) is 0 Å². The number of H-pyrrole nitrogens is 2. The number of fused-ring (bicyclic) bond motifs is 2. The zero-order valence-electron chi connectivity index (χ0n) is 13.9. The molecule has 5 rings (SSSR count). The van der Waals surface area contributed by atoms with Crippen LogP contribution in [0.4, 0.5) is 0 Å². The van der Waals surface area contributed by atoms with Crippen molar-refractivity contribution >= 4 is 39.1 Å². The number of para-hydroxylation sites is 1. The minimum Gasteiger partial charge on any atom is -0.337 e. The first-order chi connectivity index (χ1) is 12.7. The molecule has 5 nitrogen and oxygen atoms in total. The average Bonchev–Trinajstić information content (AvgIpc) is 3.37. The second-order valence-corrected chi connectivity index (χ2v) is 7.24. The van der Waals surface area contributed by atoms with E-state index in [4.69, 9.17) is 4.98 Å². The molecular weight excluding hydrogens is 344 g/mol. The monoisotopic (exact) mass is 358 g/mol. The minimum atomic E-state index is 0.0947. The highest BCUT2D eigenvalue weighted by atomic mass is 32.1. The summed E-state index contributed by atoms with van der Waals surface area (Å²) < 4.78 is 0. The fraction of sp³-hybridized carbons (Fsp3) is 0.0500. The highest BCUT2D eigenvalue weighted by molar-refractivity contribution is 7.17. The van der Waals surface area contributed by atoms with E-state index in [2.05, 4.69) is 21.2 Å². The summed E-state index contributed by atoms with van der Waals surface area (Å²) in [5.74, 6) is 0.860. The molecule has 0 atom stereocenters. The first kappa shape index (κ1) is 15.0. The summed E-state index contributed by atoms with van der Waals surface area (Å²) in [6.07, 6.45) is 0. The molecule has 0 fully saturated rings. The molecule has 0 aliphatic heterocycles. The van der Waals surface area contributed by atoms with Crippen LogP contribution in [0.5, 0.6) is 0 Å². The number of carbonyl (C=O) groups is 1. The molecule has 0 saturated carbocycles. The predicted molar refractivity (Wildman–Crippen MR) is 104 cm³/mol. The van der Waals surface area contributed by atoms with Gasteiger partial charge in [0.1, 0.15) is 5.69 Å². The van der Waals surface area contributed by atoms with Crippen molar-refractivity contribution < 1.29 is 4.79 Å². The first-order valence-corrected chi connectivity index (χ1v) is 9.05. The fourth-order valence-corrected chi connectivity index (χ4v) is 4.00. The van der Waals surface area contributed by atoms with Gasteiger partial charge >= 0.3 is 0 Å². The van der Waals surface area contributed by atoms with Crippen LogP contribution < -0.4 is 0 Å². The lowest BCUT2D eigenvalue weighted by atomic mass is 10.1. The van der Waals surface area contributed by atoms with Gasteiger partial charge < -0.3 is 4.98 Å². The number of aromatic nitrogens is 4. The molecule has 2 N–H and O–H groups in total. The van der Waals surface area contributed by atoms with E-state index in [0.29, 0.717) is 0 Å². The third-order valence-corrected chi connectivity index (χ3v) is 5.65. The predicted octanol–water partition coefficient (Wildman–Crippen LogP) is 5.04. The number of aromatic amines is 2. The quantitative estimate of drug-likeness (QED) is 0.444. The largest absolute Gasteiger partial charge is 0.337 e. The van der Waals surface area contributed by atoms with E-state index in [9.17, 15) is 4.79 Å². The third kappa shape index (κ3) is 2.34. The smallest absolute Gasteiger partial charge is 0.169 e. The highest BCUT2D eigenvalue weighted by Gasteiger charge is 2.13. The van der Waals surface area contributed by atoms with E-state index < -0.39 is 0 Å². The van der Waals surface area contributed by atoms with Crippen LogP contribution in [0.2, 0.25) is 0 Å². The average molecular weight is 358 g/mol. The Kier molecular flexibility index (Phi) is 3.26. The Morgan fingerprint density at radius 1 is 1.04 bits per heavy atom. The van der Waals surface area contributed by atoms with Crippen LogP contribution in [0.3, 0.4) is 0 Å². The summed E-state index contributed by atoms with van der Waals surface area (Å²) >= 11 is 1.51. The molecule has 0 aliphatic carbocycles. The summed E-state index contributed by atoms with van der Waals surface area (Å²) in [7, 11) is 0. The van der Waals surface area contributed by atoms with Crippen molar-refractivity contribution in [1.82, 2.24) is 20.2 Å². The Balaban J connectivity index is 1.60. The number of nitrogens with zero attached hydrogens (tertiary/aromatic N) is 2. The number of benzene rings is 2. The summed E-state index contributed by atoms with van der Waals surface area (Å²) in [6, 6.07) is 17.9. The summed E-state index contributed by atoms with van der Waals surface area (Å²) in [6.45, 7) is 1.59. The minimum absolute atomic E-state index is 0.0947. The van der Waals surface area contributed by atoms with Crippen LogP contribution in [0, 0.1) is 0 Å². The Morgan fingerprint density at radius 2 is 1.92 bits per heavy atom. The number of thiophene rings is 1. The van der Waals surface area contributed by atoms with E-state index in [0.717, 1.165) is 48.8 Å².